The first-order valence-electron chi connectivity index (χ1n) is 9.49. The highest BCUT2D eigenvalue weighted by Gasteiger charge is 2.34. The zero-order valence-corrected chi connectivity index (χ0v) is 18.1. The smallest absolute Gasteiger partial charge is 0.337 e. The number of carbonyl (C=O) groups is 2. The Hall–Kier alpha value is -2.70. The number of halogens is 2. The molecule has 1 aliphatic rings. The number of benzene rings is 2. The molecule has 0 aliphatic carbocycles. The van der Waals surface area contributed by atoms with Gasteiger partial charge in [0, 0.05) is 11.3 Å². The zero-order chi connectivity index (χ0) is 21.7. The molecule has 0 spiro atoms. The van der Waals surface area contributed by atoms with Crippen LogP contribution in [0, 0.1) is 0 Å². The lowest BCUT2D eigenvalue weighted by atomic mass is 9.93. The SMILES string of the molecule is CCCC1=C(C(=O)OC)C(c2ccccc2OCc2ccc(Cl)c(Cl)c2)NC(=O)N1. The van der Waals surface area contributed by atoms with Crippen LogP contribution >= 0.6 is 23.2 Å². The summed E-state index contributed by atoms with van der Waals surface area (Å²) in [5, 5.41) is 6.45. The van der Waals surface area contributed by atoms with Crippen molar-refractivity contribution in [1.29, 1.82) is 0 Å². The van der Waals surface area contributed by atoms with Crippen molar-refractivity contribution in [3.8, 4) is 5.75 Å². The average Bonchev–Trinajstić information content (AvgIpc) is 2.74. The van der Waals surface area contributed by atoms with Crippen molar-refractivity contribution >= 4 is 35.2 Å². The molecule has 0 bridgehead atoms. The maximum absolute atomic E-state index is 12.6. The molecular formula is C22H22Cl2N2O4. The molecule has 0 radical (unpaired) electrons. The molecule has 30 heavy (non-hydrogen) atoms. The van der Waals surface area contributed by atoms with Gasteiger partial charge in [-0.3, -0.25) is 0 Å². The number of methoxy groups -OCH3 is 1. The van der Waals surface area contributed by atoms with Crippen LogP contribution in [0.2, 0.25) is 10.0 Å². The number of esters is 1. The van der Waals surface area contributed by atoms with Crippen molar-refractivity contribution < 1.29 is 19.1 Å². The van der Waals surface area contributed by atoms with Gasteiger partial charge in [0.1, 0.15) is 12.4 Å². The molecule has 2 aromatic carbocycles. The van der Waals surface area contributed by atoms with E-state index >= 15 is 0 Å². The second-order valence-corrected chi connectivity index (χ2v) is 7.55. The van der Waals surface area contributed by atoms with Crippen molar-refractivity contribution in [3.63, 3.8) is 0 Å². The van der Waals surface area contributed by atoms with Gasteiger partial charge in [-0.05, 0) is 30.2 Å². The summed E-state index contributed by atoms with van der Waals surface area (Å²) in [7, 11) is 1.32. The summed E-state index contributed by atoms with van der Waals surface area (Å²) in [6.07, 6.45) is 1.30. The van der Waals surface area contributed by atoms with Gasteiger partial charge in [-0.15, -0.1) is 0 Å². The molecule has 0 fully saturated rings. The Morgan fingerprint density at radius 2 is 1.90 bits per heavy atom. The van der Waals surface area contributed by atoms with Crippen molar-refractivity contribution in [3.05, 3.63) is 74.9 Å². The maximum atomic E-state index is 12.6. The monoisotopic (exact) mass is 448 g/mol. The molecule has 2 N–H and O–H groups in total. The molecule has 1 heterocycles. The minimum absolute atomic E-state index is 0.242. The zero-order valence-electron chi connectivity index (χ0n) is 16.6. The average molecular weight is 449 g/mol. The molecule has 2 aromatic rings. The van der Waals surface area contributed by atoms with E-state index in [1.165, 1.54) is 7.11 Å². The fraction of sp³-hybridized carbons (Fsp3) is 0.273. The van der Waals surface area contributed by atoms with E-state index in [0.717, 1.165) is 12.0 Å². The highest BCUT2D eigenvalue weighted by atomic mass is 35.5. The minimum Gasteiger partial charge on any atom is -0.489 e. The van der Waals surface area contributed by atoms with Gasteiger partial charge in [-0.25, -0.2) is 9.59 Å². The Bertz CT molecular complexity index is 991. The lowest BCUT2D eigenvalue weighted by Gasteiger charge is -2.30. The fourth-order valence-electron chi connectivity index (χ4n) is 3.29. The third kappa shape index (κ3) is 4.89. The molecule has 0 aromatic heterocycles. The molecule has 158 valence electrons. The van der Waals surface area contributed by atoms with Gasteiger partial charge in [-0.1, -0.05) is 60.8 Å². The van der Waals surface area contributed by atoms with Crippen LogP contribution in [-0.2, 0) is 16.1 Å². The van der Waals surface area contributed by atoms with Gasteiger partial charge in [0.25, 0.3) is 0 Å². The van der Waals surface area contributed by atoms with Crippen LogP contribution in [0.4, 0.5) is 4.79 Å². The fourth-order valence-corrected chi connectivity index (χ4v) is 3.61. The number of amides is 2. The minimum atomic E-state index is -0.697. The summed E-state index contributed by atoms with van der Waals surface area (Å²) in [5.74, 6) is 0.0308. The quantitative estimate of drug-likeness (QED) is 0.573. The Morgan fingerprint density at radius 1 is 1.13 bits per heavy atom. The van der Waals surface area contributed by atoms with E-state index in [1.54, 1.807) is 18.2 Å². The Morgan fingerprint density at radius 3 is 2.60 bits per heavy atom. The highest BCUT2D eigenvalue weighted by Crippen LogP contribution is 2.35. The maximum Gasteiger partial charge on any atom is 0.337 e. The van der Waals surface area contributed by atoms with E-state index in [4.69, 9.17) is 32.7 Å². The van der Waals surface area contributed by atoms with Gasteiger partial charge in [0.05, 0.1) is 28.8 Å². The second kappa shape index (κ2) is 9.87. The summed E-state index contributed by atoms with van der Waals surface area (Å²) in [4.78, 5) is 24.8. The summed E-state index contributed by atoms with van der Waals surface area (Å²) < 4.78 is 11.0. The molecule has 1 atom stereocenters. The largest absolute Gasteiger partial charge is 0.489 e. The Balaban J connectivity index is 1.95. The van der Waals surface area contributed by atoms with Crippen molar-refractivity contribution in [2.75, 3.05) is 7.11 Å². The third-order valence-electron chi connectivity index (χ3n) is 4.67. The number of nitrogens with one attached hydrogen (secondary N) is 2. The molecule has 1 unspecified atom stereocenters. The van der Waals surface area contributed by atoms with Gasteiger partial charge >= 0.3 is 12.0 Å². The van der Waals surface area contributed by atoms with Crippen LogP contribution in [0.1, 0.15) is 36.9 Å². The normalized spacial score (nSPS) is 16.0. The summed E-state index contributed by atoms with van der Waals surface area (Å²) in [5.41, 5.74) is 2.41. The van der Waals surface area contributed by atoms with Gasteiger partial charge in [0.2, 0.25) is 0 Å². The molecule has 2 amide bonds. The van der Waals surface area contributed by atoms with Crippen molar-refractivity contribution in [1.82, 2.24) is 10.6 Å². The summed E-state index contributed by atoms with van der Waals surface area (Å²) >= 11 is 12.1. The van der Waals surface area contributed by atoms with Crippen LogP contribution in [0.3, 0.4) is 0 Å². The first-order chi connectivity index (χ1) is 14.4. The first kappa shape index (κ1) is 22.0. The van der Waals surface area contributed by atoms with Crippen LogP contribution in [0.5, 0.6) is 5.75 Å². The number of urea groups is 1. The number of para-hydroxylation sites is 1. The molecule has 3 rings (SSSR count). The van der Waals surface area contributed by atoms with Gasteiger partial charge < -0.3 is 20.1 Å². The number of allylic oxidation sites excluding steroid dienone is 1. The van der Waals surface area contributed by atoms with Crippen molar-refractivity contribution in [2.24, 2.45) is 0 Å². The number of ether oxygens (including phenoxy) is 2. The lowest BCUT2D eigenvalue weighted by molar-refractivity contribution is -0.136. The van der Waals surface area contributed by atoms with Crippen LogP contribution in [0.15, 0.2) is 53.7 Å². The standard InChI is InChI=1S/C22H22Cl2N2O4/c1-3-6-17-19(21(27)29-2)20(26-22(28)25-17)14-7-4-5-8-18(14)30-12-13-9-10-15(23)16(24)11-13/h4-5,7-11,20H,3,6,12H2,1-2H3,(H2,25,26,28). The van der Waals surface area contributed by atoms with Crippen LogP contribution in [-0.4, -0.2) is 19.1 Å². The lowest BCUT2D eigenvalue weighted by Crippen LogP contribution is -2.46. The van der Waals surface area contributed by atoms with E-state index in [-0.39, 0.29) is 12.6 Å². The molecule has 8 heteroatoms. The number of rotatable bonds is 7. The predicted octanol–water partition coefficient (Wildman–Crippen LogP) is 5.15. The second-order valence-electron chi connectivity index (χ2n) is 6.74. The van der Waals surface area contributed by atoms with E-state index in [9.17, 15) is 9.59 Å². The van der Waals surface area contributed by atoms with Crippen LogP contribution < -0.4 is 15.4 Å². The Labute approximate surface area is 185 Å². The molecular weight excluding hydrogens is 427 g/mol. The topological polar surface area (TPSA) is 76.7 Å². The molecule has 6 nitrogen and oxygen atoms in total. The first-order valence-corrected chi connectivity index (χ1v) is 10.2. The molecule has 0 saturated carbocycles. The highest BCUT2D eigenvalue weighted by molar-refractivity contribution is 6.42. The molecule has 1 aliphatic heterocycles. The number of hydrogen-bond acceptors (Lipinski definition) is 4. The summed E-state index contributed by atoms with van der Waals surface area (Å²) in [6, 6.07) is 11.4. The summed E-state index contributed by atoms with van der Waals surface area (Å²) in [6.45, 7) is 2.21. The van der Waals surface area contributed by atoms with Gasteiger partial charge in [-0.2, -0.15) is 0 Å². The Kier molecular flexibility index (Phi) is 7.24. The van der Waals surface area contributed by atoms with E-state index < -0.39 is 12.0 Å². The number of carbonyl (C=O) groups excluding carboxylic acids is 2. The predicted molar refractivity (Wildman–Crippen MR) is 116 cm³/mol. The van der Waals surface area contributed by atoms with Crippen molar-refractivity contribution in [2.45, 2.75) is 32.4 Å². The number of hydrogen-bond donors (Lipinski definition) is 2. The van der Waals surface area contributed by atoms with E-state index in [0.29, 0.717) is 39.0 Å². The van der Waals surface area contributed by atoms with Crippen LogP contribution in [0.25, 0.3) is 0 Å². The van der Waals surface area contributed by atoms with E-state index in [2.05, 4.69) is 10.6 Å². The van der Waals surface area contributed by atoms with Gasteiger partial charge in [0.15, 0.2) is 0 Å². The molecule has 0 saturated heterocycles. The van der Waals surface area contributed by atoms with E-state index in [1.807, 2.05) is 31.2 Å². The third-order valence-corrected chi connectivity index (χ3v) is 5.41.